The van der Waals surface area contributed by atoms with Crippen LogP contribution in [0.5, 0.6) is 5.75 Å². The molecule has 0 bridgehead atoms. The highest BCUT2D eigenvalue weighted by molar-refractivity contribution is 7.92. The maximum atomic E-state index is 12.2. The summed E-state index contributed by atoms with van der Waals surface area (Å²) in [5.41, 5.74) is 3.85. The first kappa shape index (κ1) is 25.7. The van der Waals surface area contributed by atoms with Gasteiger partial charge in [0.2, 0.25) is 10.0 Å². The number of amides is 2. The summed E-state index contributed by atoms with van der Waals surface area (Å²) in [5.74, 6) is -0.489. The number of carbonyl (C=O) groups is 2. The molecule has 0 saturated heterocycles. The second-order valence-corrected chi connectivity index (χ2v) is 9.60. The van der Waals surface area contributed by atoms with Crippen LogP contribution in [0.3, 0.4) is 0 Å². The summed E-state index contributed by atoms with van der Waals surface area (Å²) in [6, 6.07) is 21.9. The Kier molecular flexibility index (Phi) is 8.82. The molecule has 0 heterocycles. The molecule has 3 rings (SSSR count). The number of carbonyl (C=O) groups excluding carboxylic acids is 2. The van der Waals surface area contributed by atoms with Crippen molar-refractivity contribution >= 4 is 51.0 Å². The fraction of sp³-hybridized carbons (Fsp3) is 0.125. The Morgan fingerprint density at radius 1 is 0.971 bits per heavy atom. The van der Waals surface area contributed by atoms with E-state index in [-0.39, 0.29) is 12.5 Å². The van der Waals surface area contributed by atoms with E-state index in [1.54, 1.807) is 78.9 Å². The van der Waals surface area contributed by atoms with Crippen LogP contribution in [0.15, 0.2) is 84.0 Å². The third kappa shape index (κ3) is 8.13. The quantitative estimate of drug-likeness (QED) is 0.318. The minimum absolute atomic E-state index is 0.201. The van der Waals surface area contributed by atoms with Crippen LogP contribution in [-0.4, -0.2) is 45.9 Å². The zero-order chi connectivity index (χ0) is 25.3. The second kappa shape index (κ2) is 12.0. The van der Waals surface area contributed by atoms with Gasteiger partial charge in [0.25, 0.3) is 11.8 Å². The predicted molar refractivity (Wildman–Crippen MR) is 136 cm³/mol. The second-order valence-electron chi connectivity index (χ2n) is 7.28. The first-order valence-electron chi connectivity index (χ1n) is 10.3. The molecule has 0 unspecified atom stereocenters. The Hall–Kier alpha value is -3.89. The lowest BCUT2D eigenvalue weighted by Crippen LogP contribution is -2.38. The molecule has 9 nitrogen and oxygen atoms in total. The maximum absolute atomic E-state index is 12.2. The minimum atomic E-state index is -3.65. The number of benzene rings is 3. The van der Waals surface area contributed by atoms with Gasteiger partial charge in [-0.2, -0.15) is 5.10 Å². The molecule has 0 radical (unpaired) electrons. The van der Waals surface area contributed by atoms with Crippen LogP contribution < -0.4 is 19.8 Å². The Labute approximate surface area is 208 Å². The van der Waals surface area contributed by atoms with Crippen LogP contribution in [0.1, 0.15) is 5.56 Å². The van der Waals surface area contributed by atoms with Gasteiger partial charge in [-0.05, 0) is 54.1 Å². The summed E-state index contributed by atoms with van der Waals surface area (Å²) in [7, 11) is -3.65. The maximum Gasteiger partial charge on any atom is 0.262 e. The fourth-order valence-corrected chi connectivity index (χ4v) is 3.93. The Morgan fingerprint density at radius 3 is 2.29 bits per heavy atom. The largest absolute Gasteiger partial charge is 0.484 e. The van der Waals surface area contributed by atoms with Gasteiger partial charge < -0.3 is 10.1 Å². The Bertz CT molecular complexity index is 1300. The van der Waals surface area contributed by atoms with E-state index in [9.17, 15) is 18.0 Å². The molecule has 2 amide bonds. The van der Waals surface area contributed by atoms with E-state index < -0.39 is 22.5 Å². The molecule has 3 aromatic rings. The van der Waals surface area contributed by atoms with Crippen LogP contribution in [0, 0.1) is 0 Å². The monoisotopic (exact) mass is 514 g/mol. The van der Waals surface area contributed by atoms with E-state index in [0.717, 1.165) is 10.6 Å². The molecule has 0 saturated carbocycles. The molecule has 0 aliphatic rings. The highest BCUT2D eigenvalue weighted by atomic mass is 35.5. The lowest BCUT2D eigenvalue weighted by atomic mass is 10.2. The topological polar surface area (TPSA) is 117 Å². The van der Waals surface area contributed by atoms with Gasteiger partial charge in [0.15, 0.2) is 6.61 Å². The van der Waals surface area contributed by atoms with Crippen LogP contribution in [-0.2, 0) is 19.6 Å². The van der Waals surface area contributed by atoms with Gasteiger partial charge in [0.05, 0.1) is 28.9 Å². The molecule has 0 aliphatic carbocycles. The lowest BCUT2D eigenvalue weighted by molar-refractivity contribution is -0.119. The molecule has 11 heteroatoms. The highest BCUT2D eigenvalue weighted by Crippen LogP contribution is 2.20. The van der Waals surface area contributed by atoms with Gasteiger partial charge in [0, 0.05) is 0 Å². The zero-order valence-corrected chi connectivity index (χ0v) is 20.3. The fourth-order valence-electron chi connectivity index (χ4n) is 2.89. The van der Waals surface area contributed by atoms with E-state index in [1.165, 1.54) is 6.21 Å². The van der Waals surface area contributed by atoms with Crippen molar-refractivity contribution in [1.29, 1.82) is 0 Å². The summed E-state index contributed by atoms with van der Waals surface area (Å²) in [4.78, 5) is 24.3. The van der Waals surface area contributed by atoms with Crippen molar-refractivity contribution in [3.05, 3.63) is 89.4 Å². The van der Waals surface area contributed by atoms with Gasteiger partial charge in [-0.1, -0.05) is 41.9 Å². The molecule has 182 valence electrons. The number of nitrogens with zero attached hydrogens (tertiary/aromatic N) is 2. The van der Waals surface area contributed by atoms with E-state index in [4.69, 9.17) is 16.3 Å². The molecule has 2 N–H and O–H groups in total. The Balaban J connectivity index is 1.48. The summed E-state index contributed by atoms with van der Waals surface area (Å²) < 4.78 is 30.6. The third-order valence-electron chi connectivity index (χ3n) is 4.53. The van der Waals surface area contributed by atoms with Crippen molar-refractivity contribution in [3.8, 4) is 5.75 Å². The highest BCUT2D eigenvalue weighted by Gasteiger charge is 2.20. The molecule has 0 aliphatic heterocycles. The number of anilines is 2. The van der Waals surface area contributed by atoms with Crippen LogP contribution in [0.4, 0.5) is 11.4 Å². The SMILES string of the molecule is CS(=O)(=O)N(CC(=O)N/N=C\c1ccc(OCC(=O)Nc2ccccc2Cl)cc1)c1ccccc1. The molecule has 0 aromatic heterocycles. The molecular formula is C24H23ClN4O5S. The van der Waals surface area contributed by atoms with Crippen molar-refractivity contribution < 1.29 is 22.7 Å². The number of para-hydroxylation sites is 2. The normalized spacial score (nSPS) is 11.1. The van der Waals surface area contributed by atoms with Crippen LogP contribution >= 0.6 is 11.6 Å². The van der Waals surface area contributed by atoms with Gasteiger partial charge >= 0.3 is 0 Å². The van der Waals surface area contributed by atoms with Gasteiger partial charge in [-0.15, -0.1) is 0 Å². The van der Waals surface area contributed by atoms with E-state index in [0.29, 0.717) is 27.7 Å². The number of halogens is 1. The van der Waals surface area contributed by atoms with E-state index in [1.807, 2.05) is 0 Å². The number of sulfonamides is 1. The number of rotatable bonds is 10. The van der Waals surface area contributed by atoms with Crippen LogP contribution in [0.25, 0.3) is 0 Å². The number of hydrogen-bond donors (Lipinski definition) is 2. The molecule has 35 heavy (non-hydrogen) atoms. The first-order chi connectivity index (χ1) is 16.7. The predicted octanol–water partition coefficient (Wildman–Crippen LogP) is 3.27. The van der Waals surface area contributed by atoms with Crippen LogP contribution in [0.2, 0.25) is 5.02 Å². The van der Waals surface area contributed by atoms with Crippen molar-refractivity contribution in [2.24, 2.45) is 5.10 Å². The third-order valence-corrected chi connectivity index (χ3v) is 6.00. The lowest BCUT2D eigenvalue weighted by Gasteiger charge is -2.21. The van der Waals surface area contributed by atoms with Crippen molar-refractivity contribution in [2.45, 2.75) is 0 Å². The summed E-state index contributed by atoms with van der Waals surface area (Å²) in [6.07, 6.45) is 2.43. The molecule has 0 fully saturated rings. The molecular weight excluding hydrogens is 492 g/mol. The molecule has 3 aromatic carbocycles. The average molecular weight is 515 g/mol. The number of ether oxygens (including phenoxy) is 1. The van der Waals surface area contributed by atoms with Crippen molar-refractivity contribution in [3.63, 3.8) is 0 Å². The first-order valence-corrected chi connectivity index (χ1v) is 12.6. The number of nitrogens with one attached hydrogen (secondary N) is 2. The molecule has 0 spiro atoms. The standard InChI is InChI=1S/C24H23ClN4O5S/c1-35(32,33)29(19-7-3-2-4-8-19)16-23(30)28-26-15-18-11-13-20(14-12-18)34-17-24(31)27-22-10-6-5-9-21(22)25/h2-15H,16-17H2,1H3,(H,27,31)(H,28,30)/b26-15-. The molecule has 0 atom stereocenters. The Morgan fingerprint density at radius 2 is 1.63 bits per heavy atom. The smallest absolute Gasteiger partial charge is 0.262 e. The van der Waals surface area contributed by atoms with Gasteiger partial charge in [-0.25, -0.2) is 13.8 Å². The zero-order valence-electron chi connectivity index (χ0n) is 18.7. The summed E-state index contributed by atoms with van der Waals surface area (Å²) in [5, 5.41) is 6.96. The summed E-state index contributed by atoms with van der Waals surface area (Å²) in [6.45, 7) is -0.615. The van der Waals surface area contributed by atoms with Gasteiger partial charge in [-0.3, -0.25) is 13.9 Å². The number of hydrogen-bond acceptors (Lipinski definition) is 6. The number of hydrazone groups is 1. The average Bonchev–Trinajstić information content (AvgIpc) is 2.83. The van der Waals surface area contributed by atoms with Crippen molar-refractivity contribution in [2.75, 3.05) is 29.0 Å². The van der Waals surface area contributed by atoms with Crippen molar-refractivity contribution in [1.82, 2.24) is 5.43 Å². The minimum Gasteiger partial charge on any atom is -0.484 e. The van der Waals surface area contributed by atoms with E-state index in [2.05, 4.69) is 15.8 Å². The van der Waals surface area contributed by atoms with Gasteiger partial charge in [0.1, 0.15) is 12.3 Å². The van der Waals surface area contributed by atoms with E-state index >= 15 is 0 Å². The summed E-state index contributed by atoms with van der Waals surface area (Å²) >= 11 is 6.01.